The molecule has 3 aromatic rings. The summed E-state index contributed by atoms with van der Waals surface area (Å²) in [6.07, 6.45) is 0.0963. The molecule has 1 aromatic heterocycles. The van der Waals surface area contributed by atoms with Crippen LogP contribution in [0.15, 0.2) is 30.3 Å². The van der Waals surface area contributed by atoms with Gasteiger partial charge in [-0.05, 0) is 69.2 Å². The molecule has 136 valence electrons. The smallest absolute Gasteiger partial charge is 0.255 e. The summed E-state index contributed by atoms with van der Waals surface area (Å²) in [7, 11) is 0. The van der Waals surface area contributed by atoms with Crippen LogP contribution in [0.1, 0.15) is 35.3 Å². The molecule has 2 aromatic carbocycles. The third-order valence-corrected chi connectivity index (χ3v) is 5.09. The molecule has 3 rings (SSSR count). The molecule has 0 unspecified atom stereocenters. The molecule has 7 heteroatoms. The molecular formula is C19H22N4O2S. The number of nitrogens with two attached hydrogens (primary N) is 1. The SMILES string of the molecule is Cc1cc2nc(NN)sc2c(C)c1NC(=O)c1ccc(OC(C)C)cc1. The highest BCUT2D eigenvalue weighted by Gasteiger charge is 2.15. The number of nitrogen functional groups attached to an aromatic ring is 1. The van der Waals surface area contributed by atoms with Gasteiger partial charge in [-0.15, -0.1) is 0 Å². The summed E-state index contributed by atoms with van der Waals surface area (Å²) < 4.78 is 6.61. The van der Waals surface area contributed by atoms with E-state index < -0.39 is 0 Å². The van der Waals surface area contributed by atoms with E-state index >= 15 is 0 Å². The summed E-state index contributed by atoms with van der Waals surface area (Å²) in [5.41, 5.74) is 6.76. The molecule has 0 atom stereocenters. The maximum absolute atomic E-state index is 12.7. The van der Waals surface area contributed by atoms with E-state index in [9.17, 15) is 4.79 Å². The van der Waals surface area contributed by atoms with E-state index in [2.05, 4.69) is 15.7 Å². The van der Waals surface area contributed by atoms with Crippen LogP contribution in [0.2, 0.25) is 0 Å². The van der Waals surface area contributed by atoms with Gasteiger partial charge < -0.3 is 10.1 Å². The van der Waals surface area contributed by atoms with Gasteiger partial charge in [-0.2, -0.15) is 0 Å². The van der Waals surface area contributed by atoms with E-state index in [1.165, 1.54) is 11.3 Å². The quantitative estimate of drug-likeness (QED) is 0.462. The van der Waals surface area contributed by atoms with E-state index in [1.807, 2.05) is 33.8 Å². The molecule has 0 aliphatic carbocycles. The van der Waals surface area contributed by atoms with Gasteiger partial charge in [-0.3, -0.25) is 10.2 Å². The number of aromatic nitrogens is 1. The minimum absolute atomic E-state index is 0.0963. The number of hydrazine groups is 1. The van der Waals surface area contributed by atoms with Gasteiger partial charge in [0.1, 0.15) is 5.75 Å². The predicted octanol–water partition coefficient (Wildman–Crippen LogP) is 4.24. The number of hydrogen-bond acceptors (Lipinski definition) is 6. The van der Waals surface area contributed by atoms with E-state index in [-0.39, 0.29) is 12.0 Å². The lowest BCUT2D eigenvalue weighted by Crippen LogP contribution is -2.14. The second-order valence-corrected chi connectivity index (χ2v) is 7.35. The summed E-state index contributed by atoms with van der Waals surface area (Å²) >= 11 is 1.46. The number of aryl methyl sites for hydroxylation is 2. The lowest BCUT2D eigenvalue weighted by Gasteiger charge is -2.13. The van der Waals surface area contributed by atoms with Crippen molar-refractivity contribution >= 4 is 38.3 Å². The number of carbonyl (C=O) groups is 1. The molecule has 6 nitrogen and oxygen atoms in total. The molecule has 0 bridgehead atoms. The minimum Gasteiger partial charge on any atom is -0.491 e. The van der Waals surface area contributed by atoms with Crippen molar-refractivity contribution in [3.63, 3.8) is 0 Å². The van der Waals surface area contributed by atoms with Crippen LogP contribution in [0, 0.1) is 13.8 Å². The summed E-state index contributed by atoms with van der Waals surface area (Å²) in [5.74, 6) is 6.04. The second kappa shape index (κ2) is 7.31. The van der Waals surface area contributed by atoms with Crippen LogP contribution >= 0.6 is 11.3 Å². The predicted molar refractivity (Wildman–Crippen MR) is 107 cm³/mol. The lowest BCUT2D eigenvalue weighted by atomic mass is 10.1. The largest absolute Gasteiger partial charge is 0.491 e. The molecule has 4 N–H and O–H groups in total. The van der Waals surface area contributed by atoms with Gasteiger partial charge in [0.05, 0.1) is 16.3 Å². The normalized spacial score (nSPS) is 11.0. The van der Waals surface area contributed by atoms with Crippen LogP contribution in [0.5, 0.6) is 5.75 Å². The van der Waals surface area contributed by atoms with Gasteiger partial charge in [-0.25, -0.2) is 10.8 Å². The number of benzene rings is 2. The fourth-order valence-corrected chi connectivity index (χ4v) is 3.64. The number of nitrogens with one attached hydrogen (secondary N) is 2. The first-order valence-corrected chi connectivity index (χ1v) is 9.16. The molecule has 26 heavy (non-hydrogen) atoms. The molecule has 0 radical (unpaired) electrons. The third-order valence-electron chi connectivity index (χ3n) is 3.97. The molecular weight excluding hydrogens is 348 g/mol. The zero-order chi connectivity index (χ0) is 18.8. The molecule has 0 saturated carbocycles. The van der Waals surface area contributed by atoms with Gasteiger partial charge >= 0.3 is 0 Å². The number of fused-ring (bicyclic) bond motifs is 1. The van der Waals surface area contributed by atoms with Crippen LogP contribution in [-0.4, -0.2) is 17.0 Å². The molecule has 0 fully saturated rings. The van der Waals surface area contributed by atoms with Gasteiger partial charge in [0.15, 0.2) is 5.13 Å². The standard InChI is InChI=1S/C19H22N4O2S/c1-10(2)25-14-7-5-13(6-8-14)18(24)22-16-11(3)9-15-17(12(16)4)26-19(21-15)23-20/h5-10H,20H2,1-4H3,(H,21,23)(H,22,24). The minimum atomic E-state index is -0.159. The molecule has 1 heterocycles. The van der Waals surface area contributed by atoms with Crippen molar-refractivity contribution in [2.24, 2.45) is 5.84 Å². The summed E-state index contributed by atoms with van der Waals surface area (Å²) in [6.45, 7) is 7.86. The summed E-state index contributed by atoms with van der Waals surface area (Å²) in [6, 6.07) is 9.09. The number of rotatable bonds is 5. The topological polar surface area (TPSA) is 89.3 Å². The van der Waals surface area contributed by atoms with Crippen molar-refractivity contribution in [3.8, 4) is 5.75 Å². The van der Waals surface area contributed by atoms with Crippen molar-refractivity contribution < 1.29 is 9.53 Å². The fraction of sp³-hybridized carbons (Fsp3) is 0.263. The zero-order valence-corrected chi connectivity index (χ0v) is 16.0. The molecule has 0 aliphatic rings. The van der Waals surface area contributed by atoms with E-state index in [1.54, 1.807) is 24.3 Å². The van der Waals surface area contributed by atoms with Crippen molar-refractivity contribution in [3.05, 3.63) is 47.0 Å². The van der Waals surface area contributed by atoms with Crippen molar-refractivity contribution in [2.45, 2.75) is 33.8 Å². The summed E-state index contributed by atoms with van der Waals surface area (Å²) in [5, 5.41) is 3.67. The van der Waals surface area contributed by atoms with Gasteiger partial charge in [0, 0.05) is 11.3 Å². The highest BCUT2D eigenvalue weighted by Crippen LogP contribution is 2.35. The number of nitrogens with zero attached hydrogens (tertiary/aromatic N) is 1. The van der Waals surface area contributed by atoms with E-state index in [0.717, 1.165) is 32.8 Å². The van der Waals surface area contributed by atoms with Crippen LogP contribution in [0.3, 0.4) is 0 Å². The van der Waals surface area contributed by atoms with E-state index in [4.69, 9.17) is 10.6 Å². The average molecular weight is 370 g/mol. The first kappa shape index (κ1) is 18.2. The molecule has 0 saturated heterocycles. The highest BCUT2D eigenvalue weighted by atomic mass is 32.1. The van der Waals surface area contributed by atoms with E-state index in [0.29, 0.717) is 10.7 Å². The van der Waals surface area contributed by atoms with Crippen molar-refractivity contribution in [1.82, 2.24) is 4.98 Å². The average Bonchev–Trinajstić information content (AvgIpc) is 3.01. The maximum Gasteiger partial charge on any atom is 0.255 e. The Bertz CT molecular complexity index is 948. The number of thiazole rings is 1. The maximum atomic E-state index is 12.7. The lowest BCUT2D eigenvalue weighted by molar-refractivity contribution is 0.102. The van der Waals surface area contributed by atoms with Gasteiger partial charge in [0.25, 0.3) is 5.91 Å². The van der Waals surface area contributed by atoms with Crippen LogP contribution in [0.4, 0.5) is 10.8 Å². The Balaban J connectivity index is 1.87. The Labute approximate surface area is 156 Å². The Morgan fingerprint density at radius 1 is 1.23 bits per heavy atom. The number of hydrogen-bond donors (Lipinski definition) is 3. The van der Waals surface area contributed by atoms with Crippen LogP contribution in [0.25, 0.3) is 10.2 Å². The zero-order valence-electron chi connectivity index (χ0n) is 15.2. The first-order valence-electron chi connectivity index (χ1n) is 8.34. The number of carbonyl (C=O) groups excluding carboxylic acids is 1. The highest BCUT2D eigenvalue weighted by molar-refractivity contribution is 7.22. The van der Waals surface area contributed by atoms with Crippen molar-refractivity contribution in [2.75, 3.05) is 10.7 Å². The number of amides is 1. The van der Waals surface area contributed by atoms with Crippen LogP contribution in [-0.2, 0) is 0 Å². The molecule has 0 aliphatic heterocycles. The Kier molecular flexibility index (Phi) is 5.11. The van der Waals surface area contributed by atoms with Crippen molar-refractivity contribution in [1.29, 1.82) is 0 Å². The Morgan fingerprint density at radius 3 is 2.54 bits per heavy atom. The number of anilines is 2. The first-order chi connectivity index (χ1) is 12.4. The second-order valence-electron chi connectivity index (χ2n) is 6.35. The van der Waals surface area contributed by atoms with Crippen LogP contribution < -0.4 is 21.3 Å². The van der Waals surface area contributed by atoms with Gasteiger partial charge in [0.2, 0.25) is 0 Å². The monoisotopic (exact) mass is 370 g/mol. The Hall–Kier alpha value is -2.64. The third kappa shape index (κ3) is 3.63. The fourth-order valence-electron chi connectivity index (χ4n) is 2.78. The summed E-state index contributed by atoms with van der Waals surface area (Å²) in [4.78, 5) is 17.1. The Morgan fingerprint density at radius 2 is 1.92 bits per heavy atom. The molecule has 1 amide bonds. The molecule has 0 spiro atoms. The number of ether oxygens (including phenoxy) is 1. The van der Waals surface area contributed by atoms with Gasteiger partial charge in [-0.1, -0.05) is 11.3 Å².